The molecule has 0 saturated heterocycles. The molecule has 2 rings (SSSR count). The molecule has 2 aromatic rings. The molecule has 0 radical (unpaired) electrons. The van der Waals surface area contributed by atoms with Crippen molar-refractivity contribution in [1.29, 1.82) is 0 Å². The van der Waals surface area contributed by atoms with Crippen molar-refractivity contribution in [2.75, 3.05) is 5.32 Å². The number of benzene rings is 1. The molecule has 2 amide bonds. The second-order valence-corrected chi connectivity index (χ2v) is 4.04. The Morgan fingerprint density at radius 1 is 1.15 bits per heavy atom. The summed E-state index contributed by atoms with van der Waals surface area (Å²) >= 11 is 0. The number of urea groups is 1. The molecular formula is C13H11F3N2O2. The largest absolute Gasteiger partial charge is 0.465 e. The van der Waals surface area contributed by atoms with Gasteiger partial charge in [0.05, 0.1) is 12.2 Å². The molecule has 20 heavy (non-hydrogen) atoms. The first kappa shape index (κ1) is 14.0. The quantitative estimate of drug-likeness (QED) is 0.849. The van der Waals surface area contributed by atoms with Gasteiger partial charge in [0.25, 0.3) is 0 Å². The molecule has 0 saturated carbocycles. The predicted octanol–water partition coefficient (Wildman–Crippen LogP) is 3.33. The lowest BCUT2D eigenvalue weighted by Crippen LogP contribution is -2.28. The topological polar surface area (TPSA) is 54.3 Å². The normalized spacial score (nSPS) is 10.4. The lowest BCUT2D eigenvalue weighted by Gasteiger charge is -2.08. The lowest BCUT2D eigenvalue weighted by atomic mass is 10.3. The van der Waals surface area contributed by atoms with E-state index in [0.29, 0.717) is 11.5 Å². The molecule has 0 atom stereocenters. The van der Waals surface area contributed by atoms with Gasteiger partial charge in [-0.2, -0.15) is 0 Å². The molecular weight excluding hydrogens is 273 g/mol. The number of hydrogen-bond acceptors (Lipinski definition) is 2. The van der Waals surface area contributed by atoms with Crippen molar-refractivity contribution in [3.8, 4) is 0 Å². The number of furan rings is 1. The molecule has 1 heterocycles. The van der Waals surface area contributed by atoms with Crippen LogP contribution in [0.3, 0.4) is 0 Å². The molecule has 0 fully saturated rings. The summed E-state index contributed by atoms with van der Waals surface area (Å²) in [7, 11) is 0. The minimum absolute atomic E-state index is 0.0883. The molecule has 7 heteroatoms. The minimum Gasteiger partial charge on any atom is -0.465 e. The van der Waals surface area contributed by atoms with E-state index in [-0.39, 0.29) is 6.54 Å². The maximum Gasteiger partial charge on any atom is 0.319 e. The number of nitrogens with one attached hydrogen (secondary N) is 2. The molecule has 106 valence electrons. The molecule has 0 aliphatic carbocycles. The third-order valence-corrected chi connectivity index (χ3v) is 2.50. The Morgan fingerprint density at radius 2 is 1.90 bits per heavy atom. The van der Waals surface area contributed by atoms with Gasteiger partial charge in [0.2, 0.25) is 0 Å². The standard InChI is InChI=1S/C13H11F3N2O2/c1-7-2-3-8(20-7)6-17-13(19)18-10-5-4-9(14)11(15)12(10)16/h2-5H,6H2,1H3,(H2,17,18,19). The van der Waals surface area contributed by atoms with Crippen molar-refractivity contribution in [3.63, 3.8) is 0 Å². The first-order valence-corrected chi connectivity index (χ1v) is 5.71. The van der Waals surface area contributed by atoms with E-state index in [1.165, 1.54) is 0 Å². The summed E-state index contributed by atoms with van der Waals surface area (Å²) in [6, 6.07) is 4.30. The Hall–Kier alpha value is -2.44. The first-order chi connectivity index (χ1) is 9.47. The van der Waals surface area contributed by atoms with E-state index >= 15 is 0 Å². The van der Waals surface area contributed by atoms with Gasteiger partial charge >= 0.3 is 6.03 Å². The van der Waals surface area contributed by atoms with Crippen molar-refractivity contribution in [3.05, 3.63) is 53.2 Å². The highest BCUT2D eigenvalue weighted by atomic mass is 19.2. The Balaban J connectivity index is 1.96. The van der Waals surface area contributed by atoms with Crippen LogP contribution in [0.1, 0.15) is 11.5 Å². The fraction of sp³-hybridized carbons (Fsp3) is 0.154. The number of halogens is 3. The van der Waals surface area contributed by atoms with Gasteiger partial charge in [-0.25, -0.2) is 18.0 Å². The second kappa shape index (κ2) is 5.68. The van der Waals surface area contributed by atoms with Gasteiger partial charge < -0.3 is 15.1 Å². The summed E-state index contributed by atoms with van der Waals surface area (Å²) in [5.74, 6) is -3.20. The maximum atomic E-state index is 13.3. The zero-order chi connectivity index (χ0) is 14.7. The number of anilines is 1. The van der Waals surface area contributed by atoms with E-state index < -0.39 is 29.2 Å². The molecule has 4 nitrogen and oxygen atoms in total. The lowest BCUT2D eigenvalue weighted by molar-refractivity contribution is 0.250. The van der Waals surface area contributed by atoms with Crippen LogP contribution in [0.25, 0.3) is 0 Å². The van der Waals surface area contributed by atoms with Crippen molar-refractivity contribution in [2.24, 2.45) is 0 Å². The average Bonchev–Trinajstić information content (AvgIpc) is 2.83. The van der Waals surface area contributed by atoms with E-state index in [1.54, 1.807) is 19.1 Å². The first-order valence-electron chi connectivity index (χ1n) is 5.71. The summed E-state index contributed by atoms with van der Waals surface area (Å²) in [4.78, 5) is 11.5. The van der Waals surface area contributed by atoms with E-state index in [9.17, 15) is 18.0 Å². The Morgan fingerprint density at radius 3 is 2.55 bits per heavy atom. The van der Waals surface area contributed by atoms with Gasteiger partial charge in [0.1, 0.15) is 11.5 Å². The summed E-state index contributed by atoms with van der Waals surface area (Å²) < 4.78 is 44.2. The van der Waals surface area contributed by atoms with Crippen molar-refractivity contribution in [1.82, 2.24) is 5.32 Å². The van der Waals surface area contributed by atoms with E-state index in [1.807, 2.05) is 0 Å². The summed E-state index contributed by atoms with van der Waals surface area (Å²) in [5, 5.41) is 4.48. The Labute approximate surface area is 112 Å². The monoisotopic (exact) mass is 284 g/mol. The number of hydrogen-bond donors (Lipinski definition) is 2. The molecule has 0 aliphatic heterocycles. The summed E-state index contributed by atoms with van der Waals surface area (Å²) in [6.07, 6.45) is 0. The van der Waals surface area contributed by atoms with Gasteiger partial charge in [-0.05, 0) is 31.2 Å². The van der Waals surface area contributed by atoms with Crippen molar-refractivity contribution < 1.29 is 22.4 Å². The van der Waals surface area contributed by atoms with Crippen LogP contribution in [0, 0.1) is 24.4 Å². The fourth-order valence-corrected chi connectivity index (χ4v) is 1.54. The highest BCUT2D eigenvalue weighted by molar-refractivity contribution is 5.89. The average molecular weight is 284 g/mol. The number of amides is 2. The summed E-state index contributed by atoms with van der Waals surface area (Å²) in [5.41, 5.74) is -0.447. The third kappa shape index (κ3) is 3.11. The van der Waals surface area contributed by atoms with Crippen LogP contribution in [-0.2, 0) is 6.54 Å². The smallest absolute Gasteiger partial charge is 0.319 e. The number of rotatable bonds is 3. The minimum atomic E-state index is -1.63. The fourth-order valence-electron chi connectivity index (χ4n) is 1.54. The van der Waals surface area contributed by atoms with Gasteiger partial charge in [0.15, 0.2) is 17.5 Å². The maximum absolute atomic E-state index is 13.3. The number of carbonyl (C=O) groups is 1. The van der Waals surface area contributed by atoms with Crippen molar-refractivity contribution in [2.45, 2.75) is 13.5 Å². The van der Waals surface area contributed by atoms with E-state index in [0.717, 1.165) is 12.1 Å². The second-order valence-electron chi connectivity index (χ2n) is 4.04. The Bertz CT molecular complexity index is 641. The molecule has 1 aromatic heterocycles. The molecule has 0 aliphatic rings. The molecule has 0 spiro atoms. The molecule has 2 N–H and O–H groups in total. The van der Waals surface area contributed by atoms with Crippen LogP contribution >= 0.6 is 0 Å². The SMILES string of the molecule is Cc1ccc(CNC(=O)Nc2ccc(F)c(F)c2F)o1. The van der Waals surface area contributed by atoms with Crippen LogP contribution < -0.4 is 10.6 Å². The van der Waals surface area contributed by atoms with Gasteiger partial charge in [-0.3, -0.25) is 0 Å². The summed E-state index contributed by atoms with van der Waals surface area (Å²) in [6.45, 7) is 1.84. The van der Waals surface area contributed by atoms with Crippen LogP contribution in [0.2, 0.25) is 0 Å². The zero-order valence-electron chi connectivity index (χ0n) is 10.5. The molecule has 0 bridgehead atoms. The van der Waals surface area contributed by atoms with Crippen LogP contribution in [-0.4, -0.2) is 6.03 Å². The van der Waals surface area contributed by atoms with Gasteiger partial charge in [0, 0.05) is 0 Å². The predicted molar refractivity (Wildman–Crippen MR) is 65.6 cm³/mol. The van der Waals surface area contributed by atoms with Crippen LogP contribution in [0.15, 0.2) is 28.7 Å². The van der Waals surface area contributed by atoms with Crippen molar-refractivity contribution >= 4 is 11.7 Å². The zero-order valence-corrected chi connectivity index (χ0v) is 10.5. The highest BCUT2D eigenvalue weighted by Gasteiger charge is 2.15. The Kier molecular flexibility index (Phi) is 3.97. The van der Waals surface area contributed by atoms with E-state index in [2.05, 4.69) is 10.6 Å². The molecule has 0 unspecified atom stereocenters. The van der Waals surface area contributed by atoms with Gasteiger partial charge in [-0.1, -0.05) is 0 Å². The van der Waals surface area contributed by atoms with Crippen LogP contribution in [0.4, 0.5) is 23.7 Å². The third-order valence-electron chi connectivity index (χ3n) is 2.50. The highest BCUT2D eigenvalue weighted by Crippen LogP contribution is 2.19. The number of carbonyl (C=O) groups excluding carboxylic acids is 1. The van der Waals surface area contributed by atoms with Gasteiger partial charge in [-0.15, -0.1) is 0 Å². The molecule has 1 aromatic carbocycles. The van der Waals surface area contributed by atoms with Crippen LogP contribution in [0.5, 0.6) is 0 Å². The van der Waals surface area contributed by atoms with E-state index in [4.69, 9.17) is 4.42 Å². The number of aryl methyl sites for hydroxylation is 1.